The molecule has 1 amide bonds. The third kappa shape index (κ3) is 3.85. The molecule has 0 radical (unpaired) electrons. The number of benzene rings is 2. The molecule has 0 aromatic heterocycles. The van der Waals surface area contributed by atoms with Crippen molar-refractivity contribution in [3.63, 3.8) is 0 Å². The van der Waals surface area contributed by atoms with Crippen molar-refractivity contribution >= 4 is 17.4 Å². The molecule has 2 aromatic carbocycles. The minimum absolute atomic E-state index is 0.0392. The van der Waals surface area contributed by atoms with E-state index in [1.807, 2.05) is 49.4 Å². The van der Waals surface area contributed by atoms with Gasteiger partial charge in [-0.25, -0.2) is 0 Å². The molecule has 1 saturated heterocycles. The molecule has 1 N–H and O–H groups in total. The van der Waals surface area contributed by atoms with Gasteiger partial charge in [-0.1, -0.05) is 24.3 Å². The van der Waals surface area contributed by atoms with E-state index in [4.69, 9.17) is 0 Å². The van der Waals surface area contributed by atoms with Crippen LogP contribution in [0.25, 0.3) is 0 Å². The molecule has 152 valence electrons. The molecule has 2 aliphatic heterocycles. The molecule has 0 atom stereocenters. The van der Waals surface area contributed by atoms with Gasteiger partial charge in [0.15, 0.2) is 5.78 Å². The van der Waals surface area contributed by atoms with Crippen LogP contribution in [0.4, 0.5) is 5.69 Å². The number of fused-ring (bicyclic) bond motifs is 1. The quantitative estimate of drug-likeness (QED) is 0.813. The van der Waals surface area contributed by atoms with E-state index >= 15 is 0 Å². The summed E-state index contributed by atoms with van der Waals surface area (Å²) in [5.41, 5.74) is 3.99. The van der Waals surface area contributed by atoms with E-state index in [1.165, 1.54) is 0 Å². The fourth-order valence-electron chi connectivity index (χ4n) is 4.64. The molecule has 0 unspecified atom stereocenters. The Balaban J connectivity index is 1.40. The Morgan fingerprint density at radius 1 is 1.07 bits per heavy atom. The first kappa shape index (κ1) is 19.8. The maximum absolute atomic E-state index is 12.8. The molecule has 1 fully saturated rings. The van der Waals surface area contributed by atoms with Gasteiger partial charge in [-0.15, -0.1) is 0 Å². The number of hydrogen-bond acceptors (Lipinski definition) is 4. The van der Waals surface area contributed by atoms with Crippen LogP contribution < -0.4 is 4.90 Å². The SMILES string of the molecule is CC(=O)N1CCc2cc(C(=O)CN3CCC(O)(c4ccccc4C)CC3)ccc21. The van der Waals surface area contributed by atoms with Crippen LogP contribution in [0.1, 0.15) is 46.8 Å². The number of anilines is 1. The van der Waals surface area contributed by atoms with E-state index in [0.717, 1.165) is 28.8 Å². The van der Waals surface area contributed by atoms with Crippen molar-refractivity contribution in [3.8, 4) is 0 Å². The normalized spacial score (nSPS) is 18.5. The average Bonchev–Trinajstić information content (AvgIpc) is 3.13. The summed E-state index contributed by atoms with van der Waals surface area (Å²) in [7, 11) is 0. The largest absolute Gasteiger partial charge is 0.385 e. The molecule has 0 spiro atoms. The summed E-state index contributed by atoms with van der Waals surface area (Å²) in [5, 5.41) is 11.1. The van der Waals surface area contributed by atoms with Crippen LogP contribution >= 0.6 is 0 Å². The topological polar surface area (TPSA) is 60.9 Å². The van der Waals surface area contributed by atoms with Crippen LogP contribution in [0.3, 0.4) is 0 Å². The number of piperidine rings is 1. The van der Waals surface area contributed by atoms with Gasteiger partial charge in [0.05, 0.1) is 12.1 Å². The minimum Gasteiger partial charge on any atom is -0.385 e. The molecular weight excluding hydrogens is 364 g/mol. The number of ketones is 1. The Bertz CT molecular complexity index is 945. The molecule has 29 heavy (non-hydrogen) atoms. The zero-order chi connectivity index (χ0) is 20.6. The molecule has 2 heterocycles. The lowest BCUT2D eigenvalue weighted by Gasteiger charge is -2.39. The third-order valence-corrected chi connectivity index (χ3v) is 6.37. The van der Waals surface area contributed by atoms with Gasteiger partial charge in [0.2, 0.25) is 5.91 Å². The summed E-state index contributed by atoms with van der Waals surface area (Å²) >= 11 is 0. The summed E-state index contributed by atoms with van der Waals surface area (Å²) in [6.07, 6.45) is 2.05. The van der Waals surface area contributed by atoms with Crippen LogP contribution in [0, 0.1) is 6.92 Å². The first-order chi connectivity index (χ1) is 13.9. The highest BCUT2D eigenvalue weighted by atomic mass is 16.3. The Labute approximate surface area is 171 Å². The van der Waals surface area contributed by atoms with Gasteiger partial charge in [-0.3, -0.25) is 14.5 Å². The van der Waals surface area contributed by atoms with Gasteiger partial charge in [0, 0.05) is 37.8 Å². The zero-order valence-electron chi connectivity index (χ0n) is 17.1. The Morgan fingerprint density at radius 3 is 2.48 bits per heavy atom. The van der Waals surface area contributed by atoms with Crippen LogP contribution in [0.15, 0.2) is 42.5 Å². The second kappa shape index (κ2) is 7.73. The van der Waals surface area contributed by atoms with Gasteiger partial charge in [-0.2, -0.15) is 0 Å². The van der Waals surface area contributed by atoms with E-state index in [2.05, 4.69) is 4.90 Å². The summed E-state index contributed by atoms with van der Waals surface area (Å²) in [5.74, 6) is 0.132. The van der Waals surface area contributed by atoms with Gasteiger partial charge in [0.25, 0.3) is 0 Å². The molecule has 2 aromatic rings. The lowest BCUT2D eigenvalue weighted by atomic mass is 9.82. The lowest BCUT2D eigenvalue weighted by molar-refractivity contribution is -0.116. The number of Topliss-reactive ketones (excluding diaryl/α,β-unsaturated/α-hetero) is 1. The number of rotatable bonds is 4. The van der Waals surface area contributed by atoms with Gasteiger partial charge < -0.3 is 10.0 Å². The van der Waals surface area contributed by atoms with Gasteiger partial charge >= 0.3 is 0 Å². The van der Waals surface area contributed by atoms with Crippen LogP contribution in [0.2, 0.25) is 0 Å². The highest BCUT2D eigenvalue weighted by molar-refractivity contribution is 6.00. The monoisotopic (exact) mass is 392 g/mol. The second-order valence-electron chi connectivity index (χ2n) is 8.31. The van der Waals surface area contributed by atoms with Crippen molar-refractivity contribution in [2.75, 3.05) is 31.1 Å². The van der Waals surface area contributed by atoms with E-state index in [-0.39, 0.29) is 11.7 Å². The predicted octanol–water partition coefficient (Wildman–Crippen LogP) is 3.07. The van der Waals surface area contributed by atoms with Crippen LogP contribution in [-0.2, 0) is 16.8 Å². The number of aryl methyl sites for hydroxylation is 1. The molecule has 0 bridgehead atoms. The summed E-state index contributed by atoms with van der Waals surface area (Å²) < 4.78 is 0. The van der Waals surface area contributed by atoms with E-state index in [1.54, 1.807) is 11.8 Å². The van der Waals surface area contributed by atoms with Crippen molar-refractivity contribution in [1.82, 2.24) is 4.90 Å². The fourth-order valence-corrected chi connectivity index (χ4v) is 4.64. The standard InChI is InChI=1S/C24H28N2O3/c1-17-5-3-4-6-21(17)24(29)10-13-25(14-11-24)16-23(28)20-7-8-22-19(15-20)9-12-26(22)18(2)27/h3-8,15,29H,9-14,16H2,1-2H3. The van der Waals surface area contributed by atoms with E-state index < -0.39 is 5.60 Å². The number of carbonyl (C=O) groups excluding carboxylic acids is 2. The van der Waals surface area contributed by atoms with Crippen LogP contribution in [0.5, 0.6) is 0 Å². The minimum atomic E-state index is -0.811. The average molecular weight is 392 g/mol. The van der Waals surface area contributed by atoms with E-state index in [9.17, 15) is 14.7 Å². The lowest BCUT2D eigenvalue weighted by Crippen LogP contribution is -2.44. The number of hydrogen-bond donors (Lipinski definition) is 1. The summed E-state index contributed by atoms with van der Waals surface area (Å²) in [6, 6.07) is 13.7. The number of amides is 1. The zero-order valence-corrected chi connectivity index (χ0v) is 17.1. The maximum Gasteiger partial charge on any atom is 0.223 e. The maximum atomic E-state index is 12.8. The fraction of sp³-hybridized carbons (Fsp3) is 0.417. The van der Waals surface area contributed by atoms with Crippen molar-refractivity contribution in [3.05, 3.63) is 64.7 Å². The summed E-state index contributed by atoms with van der Waals surface area (Å²) in [4.78, 5) is 28.4. The van der Waals surface area contributed by atoms with Crippen molar-refractivity contribution in [2.45, 2.75) is 38.7 Å². The van der Waals surface area contributed by atoms with Crippen LogP contribution in [-0.4, -0.2) is 47.9 Å². The van der Waals surface area contributed by atoms with E-state index in [0.29, 0.717) is 44.6 Å². The first-order valence-electron chi connectivity index (χ1n) is 10.3. The molecular formula is C24H28N2O3. The number of nitrogens with zero attached hydrogens (tertiary/aromatic N) is 2. The van der Waals surface area contributed by atoms with Gasteiger partial charge in [-0.05, 0) is 61.1 Å². The van der Waals surface area contributed by atoms with Crippen molar-refractivity contribution in [1.29, 1.82) is 0 Å². The second-order valence-corrected chi connectivity index (χ2v) is 8.31. The highest BCUT2D eigenvalue weighted by Crippen LogP contribution is 2.35. The van der Waals surface area contributed by atoms with Gasteiger partial charge in [0.1, 0.15) is 0 Å². The molecule has 4 rings (SSSR count). The molecule has 2 aliphatic rings. The molecule has 0 saturated carbocycles. The number of likely N-dealkylation sites (tertiary alicyclic amines) is 1. The molecule has 0 aliphatic carbocycles. The Kier molecular flexibility index (Phi) is 5.28. The Morgan fingerprint density at radius 2 is 1.79 bits per heavy atom. The Hall–Kier alpha value is -2.50. The van der Waals surface area contributed by atoms with Crippen molar-refractivity contribution in [2.24, 2.45) is 0 Å². The molecule has 5 heteroatoms. The number of aliphatic hydroxyl groups is 1. The smallest absolute Gasteiger partial charge is 0.223 e. The highest BCUT2D eigenvalue weighted by Gasteiger charge is 2.35. The third-order valence-electron chi connectivity index (χ3n) is 6.37. The first-order valence-corrected chi connectivity index (χ1v) is 10.3. The summed E-state index contributed by atoms with van der Waals surface area (Å²) in [6.45, 7) is 6.04. The molecule has 5 nitrogen and oxygen atoms in total. The van der Waals surface area contributed by atoms with Crippen molar-refractivity contribution < 1.29 is 14.7 Å². The predicted molar refractivity (Wildman–Crippen MR) is 113 cm³/mol. The number of carbonyl (C=O) groups is 2.